The van der Waals surface area contributed by atoms with E-state index >= 15 is 0 Å². The number of ether oxygens (including phenoxy) is 1. The zero-order chi connectivity index (χ0) is 21.1. The van der Waals surface area contributed by atoms with Crippen LogP contribution in [0.2, 0.25) is 5.02 Å². The average molecular weight is 446 g/mol. The number of hydrogen-bond acceptors (Lipinski definition) is 6. The van der Waals surface area contributed by atoms with Gasteiger partial charge < -0.3 is 19.4 Å². The number of methoxy groups -OCH3 is 1. The molecule has 30 heavy (non-hydrogen) atoms. The number of likely N-dealkylation sites (tertiary alicyclic amines) is 1. The van der Waals surface area contributed by atoms with Crippen LogP contribution in [0.3, 0.4) is 0 Å². The van der Waals surface area contributed by atoms with Gasteiger partial charge in [-0.15, -0.1) is 11.3 Å². The number of nitrogens with zero attached hydrogens (tertiary/aromatic N) is 2. The number of carbonyl (C=O) groups is 2. The Kier molecular flexibility index (Phi) is 6.06. The highest BCUT2D eigenvalue weighted by Gasteiger charge is 2.28. The Morgan fingerprint density at radius 2 is 2.10 bits per heavy atom. The number of piperidine rings is 1. The standard InChI is InChI=1S/C21H20ClN3O4S/c1-28-18-3-2-14(10-16(18)22)17-12-30-21(23-17)24-19(26)13-4-7-25(8-5-13)20(27)15-6-9-29-11-15/h2-3,6,9-13H,4-5,7-8H2,1H3,(H,23,24,26). The summed E-state index contributed by atoms with van der Waals surface area (Å²) in [6, 6.07) is 7.09. The summed E-state index contributed by atoms with van der Waals surface area (Å²) in [5.74, 6) is 0.312. The van der Waals surface area contributed by atoms with Crippen LogP contribution in [-0.2, 0) is 4.79 Å². The molecule has 1 aliphatic heterocycles. The van der Waals surface area contributed by atoms with Crippen LogP contribution in [0.5, 0.6) is 5.75 Å². The van der Waals surface area contributed by atoms with Gasteiger partial charge in [0.15, 0.2) is 5.13 Å². The molecular formula is C21H20ClN3O4S. The Balaban J connectivity index is 1.34. The molecule has 3 heterocycles. The van der Waals surface area contributed by atoms with E-state index in [4.69, 9.17) is 20.8 Å². The summed E-state index contributed by atoms with van der Waals surface area (Å²) in [4.78, 5) is 31.3. The summed E-state index contributed by atoms with van der Waals surface area (Å²) in [5.41, 5.74) is 2.12. The van der Waals surface area contributed by atoms with Crippen LogP contribution in [0.15, 0.2) is 46.6 Å². The van der Waals surface area contributed by atoms with Gasteiger partial charge in [0, 0.05) is 30.0 Å². The molecule has 2 aromatic heterocycles. The zero-order valence-corrected chi connectivity index (χ0v) is 17.8. The first-order chi connectivity index (χ1) is 14.5. The molecule has 7 nitrogen and oxygen atoms in total. The molecule has 1 aromatic carbocycles. The van der Waals surface area contributed by atoms with E-state index < -0.39 is 0 Å². The summed E-state index contributed by atoms with van der Waals surface area (Å²) < 4.78 is 10.1. The number of rotatable bonds is 5. The lowest BCUT2D eigenvalue weighted by molar-refractivity contribution is -0.121. The number of carbonyl (C=O) groups excluding carboxylic acids is 2. The predicted molar refractivity (Wildman–Crippen MR) is 115 cm³/mol. The van der Waals surface area contributed by atoms with Crippen molar-refractivity contribution in [1.29, 1.82) is 0 Å². The second-order valence-electron chi connectivity index (χ2n) is 6.95. The van der Waals surface area contributed by atoms with Crippen LogP contribution in [0.25, 0.3) is 11.3 Å². The molecule has 0 aliphatic carbocycles. The van der Waals surface area contributed by atoms with Gasteiger partial charge in [-0.3, -0.25) is 9.59 Å². The van der Waals surface area contributed by atoms with Crippen LogP contribution in [-0.4, -0.2) is 41.9 Å². The third-order valence-corrected chi connectivity index (χ3v) is 6.16. The third-order valence-electron chi connectivity index (χ3n) is 5.10. The van der Waals surface area contributed by atoms with Gasteiger partial charge >= 0.3 is 0 Å². The maximum atomic E-state index is 12.7. The van der Waals surface area contributed by atoms with Crippen LogP contribution in [0, 0.1) is 5.92 Å². The van der Waals surface area contributed by atoms with E-state index in [-0.39, 0.29) is 17.7 Å². The zero-order valence-electron chi connectivity index (χ0n) is 16.3. The number of nitrogens with one attached hydrogen (secondary N) is 1. The molecule has 1 saturated heterocycles. The summed E-state index contributed by atoms with van der Waals surface area (Å²) in [6.45, 7) is 1.07. The molecule has 0 radical (unpaired) electrons. The minimum absolute atomic E-state index is 0.0645. The van der Waals surface area contributed by atoms with Gasteiger partial charge in [-0.2, -0.15) is 0 Å². The van der Waals surface area contributed by atoms with Gasteiger partial charge in [0.25, 0.3) is 5.91 Å². The molecule has 1 aliphatic rings. The van der Waals surface area contributed by atoms with Crippen LogP contribution >= 0.6 is 22.9 Å². The molecular weight excluding hydrogens is 426 g/mol. The predicted octanol–water partition coefficient (Wildman–Crippen LogP) is 4.56. The van der Waals surface area contributed by atoms with Crippen LogP contribution < -0.4 is 10.1 Å². The SMILES string of the molecule is COc1ccc(-c2csc(NC(=O)C3CCN(C(=O)c4ccoc4)CC3)n2)cc1Cl. The second-order valence-corrected chi connectivity index (χ2v) is 8.22. The van der Waals surface area contributed by atoms with Gasteiger partial charge in [-0.05, 0) is 37.1 Å². The molecule has 0 unspecified atom stereocenters. The number of anilines is 1. The molecule has 156 valence electrons. The van der Waals surface area contributed by atoms with Crippen LogP contribution in [0.4, 0.5) is 5.13 Å². The van der Waals surface area contributed by atoms with E-state index in [1.807, 2.05) is 11.4 Å². The van der Waals surface area contributed by atoms with E-state index in [1.54, 1.807) is 30.2 Å². The van der Waals surface area contributed by atoms with Gasteiger partial charge in [-0.1, -0.05) is 11.6 Å². The average Bonchev–Trinajstić information content (AvgIpc) is 3.46. The third kappa shape index (κ3) is 4.34. The van der Waals surface area contributed by atoms with Crippen molar-refractivity contribution in [3.63, 3.8) is 0 Å². The maximum Gasteiger partial charge on any atom is 0.257 e. The lowest BCUT2D eigenvalue weighted by Gasteiger charge is -2.30. The van der Waals surface area contributed by atoms with Gasteiger partial charge in [-0.25, -0.2) is 4.98 Å². The van der Waals surface area contributed by atoms with Crippen molar-refractivity contribution in [2.45, 2.75) is 12.8 Å². The summed E-state index contributed by atoms with van der Waals surface area (Å²) >= 11 is 7.55. The Labute approximate surface area is 182 Å². The Morgan fingerprint density at radius 3 is 2.77 bits per heavy atom. The van der Waals surface area contributed by atoms with E-state index in [0.29, 0.717) is 47.4 Å². The largest absolute Gasteiger partial charge is 0.495 e. The minimum atomic E-state index is -0.152. The van der Waals surface area contributed by atoms with E-state index in [9.17, 15) is 9.59 Å². The Bertz CT molecular complexity index is 1040. The first-order valence-corrected chi connectivity index (χ1v) is 10.7. The maximum absolute atomic E-state index is 12.7. The summed E-state index contributed by atoms with van der Waals surface area (Å²) in [5, 5.41) is 5.82. The topological polar surface area (TPSA) is 84.7 Å². The fraction of sp³-hybridized carbons (Fsp3) is 0.286. The van der Waals surface area contributed by atoms with Crippen LogP contribution in [0.1, 0.15) is 23.2 Å². The fourth-order valence-corrected chi connectivity index (χ4v) is 4.39. The van der Waals surface area contributed by atoms with Gasteiger partial charge in [0.05, 0.1) is 29.7 Å². The number of furan rings is 1. The van der Waals surface area contributed by atoms with Crippen molar-refractivity contribution in [2.75, 3.05) is 25.5 Å². The first-order valence-electron chi connectivity index (χ1n) is 9.47. The molecule has 0 atom stereocenters. The lowest BCUT2D eigenvalue weighted by Crippen LogP contribution is -2.41. The smallest absolute Gasteiger partial charge is 0.257 e. The molecule has 1 fully saturated rings. The first kappa shape index (κ1) is 20.4. The Morgan fingerprint density at radius 1 is 1.30 bits per heavy atom. The number of hydrogen-bond donors (Lipinski definition) is 1. The quantitative estimate of drug-likeness (QED) is 0.622. The highest BCUT2D eigenvalue weighted by molar-refractivity contribution is 7.14. The second kappa shape index (κ2) is 8.89. The monoisotopic (exact) mass is 445 g/mol. The number of halogens is 1. The summed E-state index contributed by atoms with van der Waals surface area (Å²) in [7, 11) is 1.56. The molecule has 0 saturated carbocycles. The van der Waals surface area contributed by atoms with Crippen molar-refractivity contribution in [1.82, 2.24) is 9.88 Å². The highest BCUT2D eigenvalue weighted by atomic mass is 35.5. The minimum Gasteiger partial charge on any atom is -0.495 e. The van der Waals surface area contributed by atoms with Crippen molar-refractivity contribution < 1.29 is 18.7 Å². The van der Waals surface area contributed by atoms with Gasteiger partial charge in [0.1, 0.15) is 12.0 Å². The van der Waals surface area contributed by atoms with E-state index in [1.165, 1.54) is 23.9 Å². The molecule has 0 bridgehead atoms. The van der Waals surface area contributed by atoms with Crippen molar-refractivity contribution in [2.24, 2.45) is 5.92 Å². The number of thiazole rings is 1. The molecule has 9 heteroatoms. The number of amides is 2. The fourth-order valence-electron chi connectivity index (χ4n) is 3.41. The van der Waals surface area contributed by atoms with Crippen molar-refractivity contribution >= 4 is 39.9 Å². The summed E-state index contributed by atoms with van der Waals surface area (Å²) in [6.07, 6.45) is 4.15. The molecule has 0 spiro atoms. The number of aromatic nitrogens is 1. The van der Waals surface area contributed by atoms with Gasteiger partial charge in [0.2, 0.25) is 5.91 Å². The molecule has 1 N–H and O–H groups in total. The molecule has 3 aromatic rings. The van der Waals surface area contributed by atoms with E-state index in [0.717, 1.165) is 11.3 Å². The highest BCUT2D eigenvalue weighted by Crippen LogP contribution is 2.32. The van der Waals surface area contributed by atoms with Crippen molar-refractivity contribution in [3.8, 4) is 17.0 Å². The molecule has 4 rings (SSSR count). The normalized spacial score (nSPS) is 14.5. The molecule has 2 amide bonds. The Hall–Kier alpha value is -2.84. The van der Waals surface area contributed by atoms with Crippen molar-refractivity contribution in [3.05, 3.63) is 52.8 Å². The lowest BCUT2D eigenvalue weighted by atomic mass is 9.95. The van der Waals surface area contributed by atoms with E-state index in [2.05, 4.69) is 10.3 Å². The number of benzene rings is 1.